The molecule has 0 spiro atoms. The molecule has 2 N–H and O–H groups in total. The SMILES string of the molecule is C=c1/c(=C\C=C/C)[nH]c2c1c1c(c3c4ccccc4n(C)c23)C(=O)NC1. The van der Waals surface area contributed by atoms with E-state index in [0.717, 1.165) is 54.4 Å². The number of para-hydroxylation sites is 1. The van der Waals surface area contributed by atoms with Crippen LogP contribution in [-0.4, -0.2) is 15.5 Å². The summed E-state index contributed by atoms with van der Waals surface area (Å²) in [4.78, 5) is 16.3. The Morgan fingerprint density at radius 1 is 1.23 bits per heavy atom. The zero-order chi connectivity index (χ0) is 18.0. The second-order valence-corrected chi connectivity index (χ2v) is 6.80. The van der Waals surface area contributed by atoms with E-state index >= 15 is 0 Å². The van der Waals surface area contributed by atoms with Gasteiger partial charge in [0, 0.05) is 45.8 Å². The Kier molecular flexibility index (Phi) is 2.95. The second-order valence-electron chi connectivity index (χ2n) is 6.80. The highest BCUT2D eigenvalue weighted by Crippen LogP contribution is 2.38. The summed E-state index contributed by atoms with van der Waals surface area (Å²) in [5.74, 6) is 0.00263. The predicted octanol–water partition coefficient (Wildman–Crippen LogP) is 2.82. The third-order valence-corrected chi connectivity index (χ3v) is 5.44. The van der Waals surface area contributed by atoms with Gasteiger partial charge in [0.1, 0.15) is 0 Å². The van der Waals surface area contributed by atoms with Crippen LogP contribution in [0.15, 0.2) is 36.4 Å². The minimum absolute atomic E-state index is 0.00263. The van der Waals surface area contributed by atoms with Gasteiger partial charge < -0.3 is 14.9 Å². The molecule has 128 valence electrons. The molecule has 1 amide bonds. The molecule has 5 rings (SSSR count). The zero-order valence-electron chi connectivity index (χ0n) is 14.8. The van der Waals surface area contributed by atoms with Crippen molar-refractivity contribution >= 4 is 51.3 Å². The summed E-state index contributed by atoms with van der Waals surface area (Å²) < 4.78 is 2.17. The smallest absolute Gasteiger partial charge is 0.252 e. The average Bonchev–Trinajstić information content (AvgIpc) is 3.27. The number of benzene rings is 2. The van der Waals surface area contributed by atoms with Crippen LogP contribution in [0.5, 0.6) is 0 Å². The highest BCUT2D eigenvalue weighted by molar-refractivity contribution is 6.26. The number of carbonyl (C=O) groups is 1. The highest BCUT2D eigenvalue weighted by atomic mass is 16.1. The van der Waals surface area contributed by atoms with E-state index in [1.165, 1.54) is 0 Å². The van der Waals surface area contributed by atoms with Crippen molar-refractivity contribution in [3.05, 3.63) is 58.1 Å². The minimum Gasteiger partial charge on any atom is -0.353 e. The monoisotopic (exact) mass is 341 g/mol. The van der Waals surface area contributed by atoms with Crippen LogP contribution in [0.25, 0.3) is 45.4 Å². The minimum atomic E-state index is 0.00263. The molecule has 0 saturated carbocycles. The number of hydrogen-bond acceptors (Lipinski definition) is 1. The molecular weight excluding hydrogens is 322 g/mol. The Morgan fingerprint density at radius 2 is 2.04 bits per heavy atom. The molecule has 1 aliphatic rings. The van der Waals surface area contributed by atoms with Gasteiger partial charge in [-0.3, -0.25) is 4.79 Å². The lowest BCUT2D eigenvalue weighted by atomic mass is 9.98. The number of carbonyl (C=O) groups excluding carboxylic acids is 1. The first-order valence-corrected chi connectivity index (χ1v) is 8.77. The fourth-order valence-electron chi connectivity index (χ4n) is 4.30. The molecule has 4 nitrogen and oxygen atoms in total. The molecule has 3 heterocycles. The first-order chi connectivity index (χ1) is 12.6. The van der Waals surface area contributed by atoms with Crippen LogP contribution in [0.3, 0.4) is 0 Å². The molecule has 4 heteroatoms. The summed E-state index contributed by atoms with van der Waals surface area (Å²) >= 11 is 0. The lowest BCUT2D eigenvalue weighted by Crippen LogP contribution is -2.21. The molecule has 1 aliphatic heterocycles. The molecule has 0 unspecified atom stereocenters. The molecule has 0 fully saturated rings. The normalized spacial score (nSPS) is 15.0. The third kappa shape index (κ3) is 1.71. The number of aryl methyl sites for hydroxylation is 1. The van der Waals surface area contributed by atoms with E-state index in [9.17, 15) is 4.79 Å². The molecular formula is C22H19N3O. The fraction of sp³-hybridized carbons (Fsp3) is 0.136. The van der Waals surface area contributed by atoms with Crippen LogP contribution in [0, 0.1) is 0 Å². The van der Waals surface area contributed by atoms with Crippen molar-refractivity contribution in [2.75, 3.05) is 0 Å². The maximum atomic E-state index is 12.7. The maximum Gasteiger partial charge on any atom is 0.252 e. The van der Waals surface area contributed by atoms with Crippen LogP contribution in [-0.2, 0) is 13.6 Å². The van der Waals surface area contributed by atoms with Gasteiger partial charge in [-0.25, -0.2) is 0 Å². The highest BCUT2D eigenvalue weighted by Gasteiger charge is 2.29. The van der Waals surface area contributed by atoms with Gasteiger partial charge >= 0.3 is 0 Å². The molecule has 0 atom stereocenters. The molecule has 4 aromatic rings. The summed E-state index contributed by atoms with van der Waals surface area (Å²) in [7, 11) is 2.06. The number of aromatic amines is 1. The Labute approximate surface area is 150 Å². The van der Waals surface area contributed by atoms with Gasteiger partial charge in [-0.05, 0) is 24.6 Å². The second kappa shape index (κ2) is 5.11. The largest absolute Gasteiger partial charge is 0.353 e. The summed E-state index contributed by atoms with van der Waals surface area (Å²) in [6, 6.07) is 8.25. The number of aromatic nitrogens is 2. The van der Waals surface area contributed by atoms with Crippen LogP contribution < -0.4 is 15.9 Å². The third-order valence-electron chi connectivity index (χ3n) is 5.44. The molecule has 26 heavy (non-hydrogen) atoms. The van der Waals surface area contributed by atoms with E-state index in [4.69, 9.17) is 0 Å². The van der Waals surface area contributed by atoms with Gasteiger partial charge in [0.2, 0.25) is 0 Å². The lowest BCUT2D eigenvalue weighted by Gasteiger charge is -2.05. The maximum absolute atomic E-state index is 12.7. The van der Waals surface area contributed by atoms with Gasteiger partial charge in [-0.1, -0.05) is 36.9 Å². The summed E-state index contributed by atoms with van der Waals surface area (Å²) in [6.45, 7) is 6.85. The van der Waals surface area contributed by atoms with Crippen LogP contribution >= 0.6 is 0 Å². The number of amides is 1. The van der Waals surface area contributed by atoms with E-state index in [-0.39, 0.29) is 5.91 Å². The molecule has 0 bridgehead atoms. The molecule has 2 aromatic heterocycles. The van der Waals surface area contributed by atoms with E-state index in [1.807, 2.05) is 37.3 Å². The number of nitrogens with zero attached hydrogens (tertiary/aromatic N) is 1. The van der Waals surface area contributed by atoms with Crippen molar-refractivity contribution in [1.29, 1.82) is 0 Å². The Morgan fingerprint density at radius 3 is 2.85 bits per heavy atom. The van der Waals surface area contributed by atoms with Crippen molar-refractivity contribution < 1.29 is 4.79 Å². The number of fused-ring (bicyclic) bond motifs is 8. The topological polar surface area (TPSA) is 49.8 Å². The van der Waals surface area contributed by atoms with Crippen LogP contribution in [0.1, 0.15) is 22.8 Å². The zero-order valence-corrected chi connectivity index (χ0v) is 14.8. The van der Waals surface area contributed by atoms with Crippen molar-refractivity contribution in [1.82, 2.24) is 14.9 Å². The summed E-state index contributed by atoms with van der Waals surface area (Å²) in [6.07, 6.45) is 6.03. The van der Waals surface area contributed by atoms with Gasteiger partial charge in [-0.2, -0.15) is 0 Å². The van der Waals surface area contributed by atoms with Gasteiger partial charge in [0.15, 0.2) is 0 Å². The number of allylic oxidation sites excluding steroid dienone is 2. The quantitative estimate of drug-likeness (QED) is 0.550. The Bertz CT molecular complexity index is 1380. The first-order valence-electron chi connectivity index (χ1n) is 8.77. The van der Waals surface area contributed by atoms with Crippen molar-refractivity contribution in [2.45, 2.75) is 13.5 Å². The van der Waals surface area contributed by atoms with Gasteiger partial charge in [0.05, 0.1) is 16.6 Å². The first kappa shape index (κ1) is 15.0. The lowest BCUT2D eigenvalue weighted by molar-refractivity contribution is 0.0967. The average molecular weight is 341 g/mol. The number of rotatable bonds is 1. The van der Waals surface area contributed by atoms with E-state index in [2.05, 4.69) is 40.6 Å². The Hall–Kier alpha value is -3.27. The fourth-order valence-corrected chi connectivity index (χ4v) is 4.30. The molecule has 0 aliphatic carbocycles. The van der Waals surface area contributed by atoms with Crippen LogP contribution in [0.2, 0.25) is 0 Å². The van der Waals surface area contributed by atoms with E-state index in [0.29, 0.717) is 6.54 Å². The Balaban J connectivity index is 2.16. The van der Waals surface area contributed by atoms with Gasteiger partial charge in [-0.15, -0.1) is 0 Å². The number of nitrogens with one attached hydrogen (secondary N) is 2. The van der Waals surface area contributed by atoms with Crippen molar-refractivity contribution in [3.8, 4) is 0 Å². The molecule has 2 aromatic carbocycles. The summed E-state index contributed by atoms with van der Waals surface area (Å²) in [5, 5.41) is 8.14. The standard InChI is InChI=1S/C22H19N3O/c1-4-5-9-15-12(2)17-14-11-23-22(26)19(14)18-13-8-6-7-10-16(13)25(3)21(18)20(17)24-15/h4-10,24H,2,11H2,1,3H3,(H,23,26)/b5-4-,15-9+. The predicted molar refractivity (Wildman–Crippen MR) is 108 cm³/mol. The van der Waals surface area contributed by atoms with Gasteiger partial charge in [0.25, 0.3) is 5.91 Å². The van der Waals surface area contributed by atoms with Crippen molar-refractivity contribution in [3.63, 3.8) is 0 Å². The molecule has 0 radical (unpaired) electrons. The number of H-pyrrole nitrogens is 1. The number of hydrogen-bond donors (Lipinski definition) is 2. The van der Waals surface area contributed by atoms with Crippen molar-refractivity contribution in [2.24, 2.45) is 7.05 Å². The summed E-state index contributed by atoms with van der Waals surface area (Å²) in [5.41, 5.74) is 5.08. The molecule has 0 saturated heterocycles. The van der Waals surface area contributed by atoms with E-state index in [1.54, 1.807) is 0 Å². The van der Waals surface area contributed by atoms with E-state index < -0.39 is 0 Å². The van der Waals surface area contributed by atoms with Crippen LogP contribution in [0.4, 0.5) is 0 Å².